The zero-order chi connectivity index (χ0) is 11.4. The summed E-state index contributed by atoms with van der Waals surface area (Å²) in [4.78, 5) is 2.66. The first-order valence-electron chi connectivity index (χ1n) is 6.78. The number of hydrogen-bond donors (Lipinski definition) is 1. The molecular weight excluding hydrogens is 200 g/mol. The second kappa shape index (κ2) is 5.48. The zero-order valence-electron chi connectivity index (χ0n) is 10.8. The van der Waals surface area contributed by atoms with Crippen LogP contribution in [0.4, 0.5) is 0 Å². The highest BCUT2D eigenvalue weighted by molar-refractivity contribution is 4.93. The molecule has 2 fully saturated rings. The molecular formula is C13H26N2O. The van der Waals surface area contributed by atoms with Gasteiger partial charge in [-0.2, -0.15) is 0 Å². The molecule has 0 radical (unpaired) electrons. The summed E-state index contributed by atoms with van der Waals surface area (Å²) in [6, 6.07) is 0. The normalized spacial score (nSPS) is 36.8. The molecule has 2 heterocycles. The first kappa shape index (κ1) is 12.3. The van der Waals surface area contributed by atoms with Crippen LogP contribution >= 0.6 is 0 Å². The Balaban J connectivity index is 1.82. The predicted octanol–water partition coefficient (Wildman–Crippen LogP) is 1.49. The highest BCUT2D eigenvalue weighted by Crippen LogP contribution is 2.30. The Kier molecular flexibility index (Phi) is 4.22. The summed E-state index contributed by atoms with van der Waals surface area (Å²) in [5.41, 5.74) is 0.319. The summed E-state index contributed by atoms with van der Waals surface area (Å²) in [6.07, 6.45) is 3.88. The Morgan fingerprint density at radius 2 is 2.38 bits per heavy atom. The fourth-order valence-corrected chi connectivity index (χ4v) is 3.01. The van der Waals surface area contributed by atoms with E-state index in [0.29, 0.717) is 5.54 Å². The third kappa shape index (κ3) is 2.76. The Morgan fingerprint density at radius 3 is 3.06 bits per heavy atom. The minimum Gasteiger partial charge on any atom is -0.380 e. The van der Waals surface area contributed by atoms with Crippen molar-refractivity contribution in [2.24, 2.45) is 5.92 Å². The lowest BCUT2D eigenvalue weighted by Crippen LogP contribution is -2.51. The van der Waals surface area contributed by atoms with Crippen LogP contribution in [0.5, 0.6) is 0 Å². The van der Waals surface area contributed by atoms with Gasteiger partial charge in [0.15, 0.2) is 0 Å². The predicted molar refractivity (Wildman–Crippen MR) is 66.7 cm³/mol. The van der Waals surface area contributed by atoms with E-state index in [1.807, 2.05) is 0 Å². The second-order valence-corrected chi connectivity index (χ2v) is 5.56. The molecule has 2 saturated heterocycles. The quantitative estimate of drug-likeness (QED) is 0.786. The molecule has 2 aliphatic heterocycles. The summed E-state index contributed by atoms with van der Waals surface area (Å²) in [5, 5.41) is 3.47. The van der Waals surface area contributed by atoms with Crippen LogP contribution in [-0.4, -0.2) is 49.8 Å². The fraction of sp³-hybridized carbons (Fsp3) is 1.00. The van der Waals surface area contributed by atoms with Crippen molar-refractivity contribution in [1.82, 2.24) is 10.2 Å². The van der Waals surface area contributed by atoms with Crippen LogP contribution in [0.25, 0.3) is 0 Å². The van der Waals surface area contributed by atoms with Crippen LogP contribution in [0.3, 0.4) is 0 Å². The maximum absolute atomic E-state index is 5.66. The van der Waals surface area contributed by atoms with Crippen LogP contribution in [0, 0.1) is 5.92 Å². The van der Waals surface area contributed by atoms with Crippen molar-refractivity contribution < 1.29 is 4.74 Å². The van der Waals surface area contributed by atoms with Gasteiger partial charge >= 0.3 is 0 Å². The van der Waals surface area contributed by atoms with Crippen molar-refractivity contribution in [1.29, 1.82) is 0 Å². The van der Waals surface area contributed by atoms with Crippen LogP contribution in [0.2, 0.25) is 0 Å². The van der Waals surface area contributed by atoms with Crippen molar-refractivity contribution in [2.45, 2.75) is 38.6 Å². The SMILES string of the molecule is CCNCC1CCN(C2(C)CCCOC2)C1. The molecule has 2 unspecified atom stereocenters. The van der Waals surface area contributed by atoms with Crippen molar-refractivity contribution >= 4 is 0 Å². The van der Waals surface area contributed by atoms with Crippen LogP contribution in [0.15, 0.2) is 0 Å². The first-order valence-corrected chi connectivity index (χ1v) is 6.78. The lowest BCUT2D eigenvalue weighted by atomic mass is 9.93. The molecule has 2 atom stereocenters. The Morgan fingerprint density at radius 1 is 1.50 bits per heavy atom. The van der Waals surface area contributed by atoms with E-state index < -0.39 is 0 Å². The minimum atomic E-state index is 0.319. The van der Waals surface area contributed by atoms with E-state index in [9.17, 15) is 0 Å². The van der Waals surface area contributed by atoms with Gasteiger partial charge in [0.2, 0.25) is 0 Å². The van der Waals surface area contributed by atoms with E-state index in [1.165, 1.54) is 38.9 Å². The van der Waals surface area contributed by atoms with Crippen molar-refractivity contribution in [2.75, 3.05) is 39.4 Å². The van der Waals surface area contributed by atoms with Gasteiger partial charge in [-0.3, -0.25) is 4.90 Å². The van der Waals surface area contributed by atoms with Crippen LogP contribution < -0.4 is 5.32 Å². The van der Waals surface area contributed by atoms with Crippen molar-refractivity contribution in [3.8, 4) is 0 Å². The van der Waals surface area contributed by atoms with Gasteiger partial charge in [-0.25, -0.2) is 0 Å². The van der Waals surface area contributed by atoms with Gasteiger partial charge in [0.1, 0.15) is 0 Å². The van der Waals surface area contributed by atoms with Gasteiger partial charge in [-0.15, -0.1) is 0 Å². The molecule has 94 valence electrons. The summed E-state index contributed by atoms with van der Waals surface area (Å²) in [6.45, 7) is 11.2. The maximum atomic E-state index is 5.66. The molecule has 0 saturated carbocycles. The standard InChI is InChI=1S/C13H26N2O/c1-3-14-9-12-5-7-15(10-12)13(2)6-4-8-16-11-13/h12,14H,3-11H2,1-2H3. The average molecular weight is 226 g/mol. The van der Waals surface area contributed by atoms with Gasteiger partial charge in [-0.05, 0) is 51.7 Å². The smallest absolute Gasteiger partial charge is 0.0647 e. The van der Waals surface area contributed by atoms with Crippen LogP contribution in [-0.2, 0) is 4.74 Å². The number of rotatable bonds is 4. The molecule has 0 aliphatic carbocycles. The summed E-state index contributed by atoms with van der Waals surface area (Å²) < 4.78 is 5.66. The average Bonchev–Trinajstić information content (AvgIpc) is 2.77. The molecule has 2 rings (SSSR count). The van der Waals surface area contributed by atoms with Gasteiger partial charge < -0.3 is 10.1 Å². The van der Waals surface area contributed by atoms with Crippen LogP contribution in [0.1, 0.15) is 33.1 Å². The van der Waals surface area contributed by atoms with E-state index in [4.69, 9.17) is 4.74 Å². The molecule has 0 amide bonds. The lowest BCUT2D eigenvalue weighted by Gasteiger charge is -2.41. The fourth-order valence-electron chi connectivity index (χ4n) is 3.01. The van der Waals surface area contributed by atoms with E-state index in [2.05, 4.69) is 24.1 Å². The third-order valence-electron chi connectivity index (χ3n) is 4.15. The molecule has 0 aromatic rings. The summed E-state index contributed by atoms with van der Waals surface area (Å²) in [7, 11) is 0. The van der Waals surface area contributed by atoms with E-state index in [-0.39, 0.29) is 0 Å². The van der Waals surface area contributed by atoms with E-state index in [1.54, 1.807) is 0 Å². The molecule has 0 aromatic heterocycles. The topological polar surface area (TPSA) is 24.5 Å². The molecule has 0 spiro atoms. The van der Waals surface area contributed by atoms with Gasteiger partial charge in [0.25, 0.3) is 0 Å². The molecule has 16 heavy (non-hydrogen) atoms. The maximum Gasteiger partial charge on any atom is 0.0647 e. The number of likely N-dealkylation sites (tertiary alicyclic amines) is 1. The van der Waals surface area contributed by atoms with Gasteiger partial charge in [0, 0.05) is 18.7 Å². The zero-order valence-corrected chi connectivity index (χ0v) is 10.8. The first-order chi connectivity index (χ1) is 7.74. The van der Waals surface area contributed by atoms with E-state index >= 15 is 0 Å². The molecule has 2 aliphatic rings. The molecule has 0 aromatic carbocycles. The highest BCUT2D eigenvalue weighted by Gasteiger charge is 2.38. The van der Waals surface area contributed by atoms with E-state index in [0.717, 1.165) is 25.7 Å². The minimum absolute atomic E-state index is 0.319. The number of nitrogens with one attached hydrogen (secondary N) is 1. The summed E-state index contributed by atoms with van der Waals surface area (Å²) >= 11 is 0. The molecule has 1 N–H and O–H groups in total. The Labute approximate surface area is 99.5 Å². The highest BCUT2D eigenvalue weighted by atomic mass is 16.5. The number of nitrogens with zero attached hydrogens (tertiary/aromatic N) is 1. The van der Waals surface area contributed by atoms with Gasteiger partial charge in [-0.1, -0.05) is 6.92 Å². The molecule has 3 nitrogen and oxygen atoms in total. The third-order valence-corrected chi connectivity index (χ3v) is 4.15. The van der Waals surface area contributed by atoms with Crippen molar-refractivity contribution in [3.05, 3.63) is 0 Å². The monoisotopic (exact) mass is 226 g/mol. The number of ether oxygens (including phenoxy) is 1. The molecule has 0 bridgehead atoms. The number of hydrogen-bond acceptors (Lipinski definition) is 3. The molecule has 3 heteroatoms. The van der Waals surface area contributed by atoms with Crippen molar-refractivity contribution in [3.63, 3.8) is 0 Å². The second-order valence-electron chi connectivity index (χ2n) is 5.56. The summed E-state index contributed by atoms with van der Waals surface area (Å²) in [5.74, 6) is 0.846. The Hall–Kier alpha value is -0.120. The largest absolute Gasteiger partial charge is 0.380 e. The lowest BCUT2D eigenvalue weighted by molar-refractivity contribution is -0.0314. The van der Waals surface area contributed by atoms with Gasteiger partial charge in [0.05, 0.1) is 6.61 Å². The Bertz CT molecular complexity index is 214.